The summed E-state index contributed by atoms with van der Waals surface area (Å²) in [6, 6.07) is 2.31. The molecule has 17 heavy (non-hydrogen) atoms. The van der Waals surface area contributed by atoms with Crippen LogP contribution in [0.15, 0.2) is 0 Å². The molecule has 1 spiro atoms. The van der Waals surface area contributed by atoms with Crippen molar-refractivity contribution in [3.63, 3.8) is 0 Å². The fourth-order valence-electron chi connectivity index (χ4n) is 2.25. The van der Waals surface area contributed by atoms with Crippen LogP contribution in [0.3, 0.4) is 0 Å². The number of nitrogens with zero attached hydrogens (tertiary/aromatic N) is 2. The second-order valence-corrected chi connectivity index (χ2v) is 7.35. The predicted octanol–water partition coefficient (Wildman–Crippen LogP) is 2.25. The number of hydrogen-bond donors (Lipinski definition) is 0. The zero-order valence-corrected chi connectivity index (χ0v) is 11.3. The van der Waals surface area contributed by atoms with E-state index in [4.69, 9.17) is 10.00 Å². The fourth-order valence-corrected chi connectivity index (χ4v) is 3.81. The topological polar surface area (TPSA) is 53.3 Å². The van der Waals surface area contributed by atoms with Gasteiger partial charge < -0.3 is 9.64 Å². The van der Waals surface area contributed by atoms with E-state index in [9.17, 15) is 4.79 Å². The summed E-state index contributed by atoms with van der Waals surface area (Å²) in [6.07, 6.45) is 0.678. The molecule has 2 fully saturated rings. The Morgan fingerprint density at radius 1 is 1.53 bits per heavy atom. The summed E-state index contributed by atoms with van der Waals surface area (Å²) in [5.41, 5.74) is -0.433. The van der Waals surface area contributed by atoms with E-state index < -0.39 is 5.60 Å². The number of amides is 1. The van der Waals surface area contributed by atoms with Crippen LogP contribution in [0.2, 0.25) is 0 Å². The van der Waals surface area contributed by atoms with E-state index in [0.717, 1.165) is 25.3 Å². The molecule has 1 amide bonds. The molecule has 1 unspecified atom stereocenters. The van der Waals surface area contributed by atoms with E-state index in [1.807, 2.05) is 32.5 Å². The van der Waals surface area contributed by atoms with Crippen molar-refractivity contribution in [2.24, 2.45) is 5.92 Å². The van der Waals surface area contributed by atoms with Crippen LogP contribution in [-0.4, -0.2) is 40.2 Å². The maximum Gasteiger partial charge on any atom is 0.410 e. The molecule has 0 radical (unpaired) electrons. The Labute approximate surface area is 106 Å². The summed E-state index contributed by atoms with van der Waals surface area (Å²) in [5, 5.41) is 8.88. The van der Waals surface area contributed by atoms with Gasteiger partial charge in [0.05, 0.1) is 16.7 Å². The summed E-state index contributed by atoms with van der Waals surface area (Å²) in [5.74, 6) is 1.05. The van der Waals surface area contributed by atoms with Crippen molar-refractivity contribution in [3.8, 4) is 6.07 Å². The van der Waals surface area contributed by atoms with Crippen molar-refractivity contribution in [2.75, 3.05) is 18.8 Å². The molecule has 0 aromatic carbocycles. The summed E-state index contributed by atoms with van der Waals surface area (Å²) in [6.45, 7) is 7.07. The standard InChI is InChI=1S/C12H18N2O2S/c1-11(2,3)16-10(15)14-7-12(8-14)4-9(5-13)6-17-12/h9H,4,6-8H2,1-3H3. The third-order valence-corrected chi connectivity index (χ3v) is 4.61. The van der Waals surface area contributed by atoms with Gasteiger partial charge in [0.25, 0.3) is 0 Å². The Morgan fingerprint density at radius 2 is 2.18 bits per heavy atom. The van der Waals surface area contributed by atoms with E-state index in [2.05, 4.69) is 6.07 Å². The van der Waals surface area contributed by atoms with E-state index in [0.29, 0.717) is 0 Å². The number of carbonyl (C=O) groups excluding carboxylic acids is 1. The molecule has 4 nitrogen and oxygen atoms in total. The van der Waals surface area contributed by atoms with Gasteiger partial charge in [-0.05, 0) is 27.2 Å². The van der Waals surface area contributed by atoms with Gasteiger partial charge in [-0.25, -0.2) is 4.79 Å². The minimum absolute atomic E-state index is 0.136. The van der Waals surface area contributed by atoms with E-state index in [1.54, 1.807) is 4.90 Å². The van der Waals surface area contributed by atoms with Gasteiger partial charge in [-0.3, -0.25) is 0 Å². The largest absolute Gasteiger partial charge is 0.444 e. The third kappa shape index (κ3) is 2.68. The molecule has 0 saturated carbocycles. The summed E-state index contributed by atoms with van der Waals surface area (Å²) < 4.78 is 5.45. The molecule has 2 heterocycles. The molecular formula is C12H18N2O2S. The Balaban J connectivity index is 1.83. The SMILES string of the molecule is CC(C)(C)OC(=O)N1CC2(CC(C#N)CS2)C1. The van der Waals surface area contributed by atoms with E-state index in [-0.39, 0.29) is 16.8 Å². The molecule has 0 N–H and O–H groups in total. The Morgan fingerprint density at radius 3 is 2.65 bits per heavy atom. The molecule has 0 aliphatic carbocycles. The lowest BCUT2D eigenvalue weighted by Crippen LogP contribution is -2.61. The Bertz CT molecular complexity index is 364. The lowest BCUT2D eigenvalue weighted by Gasteiger charge is -2.47. The molecule has 0 aromatic rings. The van der Waals surface area contributed by atoms with Gasteiger partial charge >= 0.3 is 6.09 Å². The monoisotopic (exact) mass is 254 g/mol. The van der Waals surface area contributed by atoms with E-state index >= 15 is 0 Å². The lowest BCUT2D eigenvalue weighted by molar-refractivity contribution is 0.00392. The third-order valence-electron chi connectivity index (χ3n) is 3.00. The van der Waals surface area contributed by atoms with Crippen molar-refractivity contribution in [3.05, 3.63) is 0 Å². The average Bonchev–Trinajstić information content (AvgIpc) is 2.56. The first-order valence-corrected chi connectivity index (χ1v) is 6.84. The number of nitriles is 1. The number of likely N-dealkylation sites (tertiary alicyclic amines) is 1. The normalized spacial score (nSPS) is 26.5. The first kappa shape index (κ1) is 12.6. The van der Waals surface area contributed by atoms with Crippen molar-refractivity contribution < 1.29 is 9.53 Å². The van der Waals surface area contributed by atoms with Crippen LogP contribution in [0.4, 0.5) is 4.79 Å². The fraction of sp³-hybridized carbons (Fsp3) is 0.833. The van der Waals surface area contributed by atoms with Crippen LogP contribution in [-0.2, 0) is 4.74 Å². The maximum atomic E-state index is 11.8. The molecule has 0 bridgehead atoms. The molecule has 2 aliphatic rings. The van der Waals surface area contributed by atoms with Gasteiger partial charge in [-0.2, -0.15) is 17.0 Å². The van der Waals surface area contributed by atoms with Gasteiger partial charge in [0.1, 0.15) is 5.60 Å². The number of thioether (sulfide) groups is 1. The highest BCUT2D eigenvalue weighted by atomic mass is 32.2. The van der Waals surface area contributed by atoms with Gasteiger partial charge in [-0.15, -0.1) is 0 Å². The molecular weight excluding hydrogens is 236 g/mol. The lowest BCUT2D eigenvalue weighted by atomic mass is 9.90. The molecule has 5 heteroatoms. The molecule has 1 atom stereocenters. The molecule has 2 rings (SSSR count). The number of rotatable bonds is 0. The van der Waals surface area contributed by atoms with Crippen LogP contribution in [0.25, 0.3) is 0 Å². The van der Waals surface area contributed by atoms with Gasteiger partial charge in [-0.1, -0.05) is 0 Å². The molecule has 2 saturated heterocycles. The zero-order valence-electron chi connectivity index (χ0n) is 10.5. The number of ether oxygens (including phenoxy) is 1. The number of carbonyl (C=O) groups is 1. The highest BCUT2D eigenvalue weighted by molar-refractivity contribution is 8.01. The van der Waals surface area contributed by atoms with Crippen molar-refractivity contribution in [1.29, 1.82) is 5.26 Å². The molecule has 0 aromatic heterocycles. The second kappa shape index (κ2) is 4.09. The van der Waals surface area contributed by atoms with Crippen molar-refractivity contribution >= 4 is 17.9 Å². The smallest absolute Gasteiger partial charge is 0.410 e. The first-order valence-electron chi connectivity index (χ1n) is 5.85. The van der Waals surface area contributed by atoms with Gasteiger partial charge in [0, 0.05) is 18.8 Å². The van der Waals surface area contributed by atoms with Crippen LogP contribution >= 0.6 is 11.8 Å². The van der Waals surface area contributed by atoms with E-state index in [1.165, 1.54) is 0 Å². The Hall–Kier alpha value is -0.890. The highest BCUT2D eigenvalue weighted by Gasteiger charge is 2.51. The quantitative estimate of drug-likeness (QED) is 0.665. The average molecular weight is 254 g/mol. The second-order valence-electron chi connectivity index (χ2n) is 5.86. The summed E-state index contributed by atoms with van der Waals surface area (Å²) in [7, 11) is 0. The van der Waals surface area contributed by atoms with Gasteiger partial charge in [0.15, 0.2) is 0 Å². The summed E-state index contributed by atoms with van der Waals surface area (Å²) >= 11 is 1.83. The van der Waals surface area contributed by atoms with Crippen LogP contribution < -0.4 is 0 Å². The van der Waals surface area contributed by atoms with Crippen molar-refractivity contribution in [2.45, 2.75) is 37.5 Å². The summed E-state index contributed by atoms with van der Waals surface area (Å²) in [4.78, 5) is 13.5. The predicted molar refractivity (Wildman–Crippen MR) is 66.7 cm³/mol. The van der Waals surface area contributed by atoms with Crippen LogP contribution in [0.5, 0.6) is 0 Å². The molecule has 2 aliphatic heterocycles. The minimum Gasteiger partial charge on any atom is -0.444 e. The Kier molecular flexibility index (Phi) is 3.03. The maximum absolute atomic E-state index is 11.8. The number of hydrogen-bond acceptors (Lipinski definition) is 4. The van der Waals surface area contributed by atoms with Gasteiger partial charge in [0.2, 0.25) is 0 Å². The van der Waals surface area contributed by atoms with Crippen LogP contribution in [0.1, 0.15) is 27.2 Å². The zero-order chi connectivity index (χ0) is 12.7. The van der Waals surface area contributed by atoms with Crippen molar-refractivity contribution in [1.82, 2.24) is 4.90 Å². The molecule has 94 valence electrons. The highest BCUT2D eigenvalue weighted by Crippen LogP contribution is 2.47. The van der Waals surface area contributed by atoms with Crippen LogP contribution in [0, 0.1) is 17.2 Å². The minimum atomic E-state index is -0.433. The first-order chi connectivity index (χ1) is 7.84.